The van der Waals surface area contributed by atoms with Gasteiger partial charge in [-0.2, -0.15) is 0 Å². The number of piperidine rings is 1. The normalized spacial score (nSPS) is 15.7. The van der Waals surface area contributed by atoms with Crippen molar-refractivity contribution in [2.24, 2.45) is 5.73 Å². The number of amides is 1. The number of carbonyl (C=O) groups is 1. The van der Waals surface area contributed by atoms with Gasteiger partial charge in [0.2, 0.25) is 5.91 Å². The maximum atomic E-state index is 12.1. The number of nitrogens with zero attached hydrogens (tertiary/aromatic N) is 1. The molecule has 1 aromatic rings. The molecule has 1 amide bonds. The van der Waals surface area contributed by atoms with Crippen LogP contribution in [0.15, 0.2) is 24.3 Å². The maximum Gasteiger partial charge on any atom is 0.222 e. The van der Waals surface area contributed by atoms with Crippen LogP contribution >= 0.6 is 0 Å². The van der Waals surface area contributed by atoms with E-state index in [9.17, 15) is 4.79 Å². The molecule has 0 unspecified atom stereocenters. The molecule has 1 heterocycles. The largest absolute Gasteiger partial charge is 0.382 e. The average Bonchev–Trinajstić information content (AvgIpc) is 2.58. The first-order chi connectivity index (χ1) is 11.2. The molecule has 4 heteroatoms. The highest BCUT2D eigenvalue weighted by Gasteiger charge is 2.22. The van der Waals surface area contributed by atoms with E-state index in [1.807, 2.05) is 4.90 Å². The van der Waals surface area contributed by atoms with Gasteiger partial charge in [-0.3, -0.25) is 4.79 Å². The number of hydrogen-bond acceptors (Lipinski definition) is 3. The molecule has 128 valence electrons. The van der Waals surface area contributed by atoms with Crippen LogP contribution in [-0.2, 0) is 11.2 Å². The highest BCUT2D eigenvalue weighted by atomic mass is 16.2. The van der Waals surface area contributed by atoms with Crippen LogP contribution < -0.4 is 11.1 Å². The topological polar surface area (TPSA) is 58.4 Å². The van der Waals surface area contributed by atoms with Gasteiger partial charge in [-0.25, -0.2) is 0 Å². The second-order valence-corrected chi connectivity index (χ2v) is 6.49. The number of anilines is 1. The summed E-state index contributed by atoms with van der Waals surface area (Å²) in [7, 11) is 0. The summed E-state index contributed by atoms with van der Waals surface area (Å²) in [5.41, 5.74) is 8.02. The third-order valence-corrected chi connectivity index (χ3v) is 4.60. The molecule has 1 aromatic carbocycles. The van der Waals surface area contributed by atoms with E-state index in [2.05, 4.69) is 36.5 Å². The fourth-order valence-corrected chi connectivity index (χ4v) is 3.13. The quantitative estimate of drug-likeness (QED) is 0.724. The summed E-state index contributed by atoms with van der Waals surface area (Å²) in [6, 6.07) is 9.01. The van der Waals surface area contributed by atoms with E-state index < -0.39 is 0 Å². The SMILES string of the molecule is CCCCCC(=O)N1CCC(Nc2ccc(CCN)cc2)CC1. The van der Waals surface area contributed by atoms with Crippen LogP contribution in [0.1, 0.15) is 51.0 Å². The molecule has 0 bridgehead atoms. The molecule has 0 atom stereocenters. The first kappa shape index (κ1) is 17.8. The van der Waals surface area contributed by atoms with Gasteiger partial charge in [0.25, 0.3) is 0 Å². The van der Waals surface area contributed by atoms with E-state index in [0.29, 0.717) is 24.9 Å². The van der Waals surface area contributed by atoms with Crippen LogP contribution in [0.3, 0.4) is 0 Å². The number of benzene rings is 1. The second-order valence-electron chi connectivity index (χ2n) is 6.49. The third kappa shape index (κ3) is 5.87. The average molecular weight is 317 g/mol. The Morgan fingerprint density at radius 2 is 1.91 bits per heavy atom. The standard InChI is InChI=1S/C19H31N3O/c1-2-3-4-5-19(23)22-14-11-18(12-15-22)21-17-8-6-16(7-9-17)10-13-20/h6-9,18,21H,2-5,10-15,20H2,1H3. The van der Waals surface area contributed by atoms with Crippen LogP contribution in [0, 0.1) is 0 Å². The highest BCUT2D eigenvalue weighted by molar-refractivity contribution is 5.76. The number of rotatable bonds is 8. The Bertz CT molecular complexity index is 464. The molecule has 0 aliphatic carbocycles. The molecule has 23 heavy (non-hydrogen) atoms. The van der Waals surface area contributed by atoms with Crippen LogP contribution in [0.25, 0.3) is 0 Å². The molecule has 1 fully saturated rings. The minimum atomic E-state index is 0.336. The molecular weight excluding hydrogens is 286 g/mol. The molecule has 0 radical (unpaired) electrons. The number of nitrogens with one attached hydrogen (secondary N) is 1. The summed E-state index contributed by atoms with van der Waals surface area (Å²) in [5.74, 6) is 0.336. The smallest absolute Gasteiger partial charge is 0.222 e. The predicted molar refractivity (Wildman–Crippen MR) is 96.6 cm³/mol. The molecule has 1 saturated heterocycles. The van der Waals surface area contributed by atoms with E-state index in [-0.39, 0.29) is 0 Å². The zero-order chi connectivity index (χ0) is 16.5. The van der Waals surface area contributed by atoms with Gasteiger partial charge in [-0.1, -0.05) is 31.9 Å². The Morgan fingerprint density at radius 1 is 1.22 bits per heavy atom. The summed E-state index contributed by atoms with van der Waals surface area (Å²) in [6.07, 6.45) is 7.07. The van der Waals surface area contributed by atoms with Gasteiger partial charge in [-0.05, 0) is 49.9 Å². The van der Waals surface area contributed by atoms with Crippen molar-refractivity contribution in [3.63, 3.8) is 0 Å². The van der Waals surface area contributed by atoms with E-state index in [0.717, 1.165) is 45.2 Å². The van der Waals surface area contributed by atoms with Crippen molar-refractivity contribution in [1.82, 2.24) is 4.90 Å². The van der Waals surface area contributed by atoms with Crippen molar-refractivity contribution in [2.75, 3.05) is 25.0 Å². The van der Waals surface area contributed by atoms with Crippen molar-refractivity contribution in [3.8, 4) is 0 Å². The monoisotopic (exact) mass is 317 g/mol. The van der Waals surface area contributed by atoms with Gasteiger partial charge in [0.1, 0.15) is 0 Å². The molecule has 0 saturated carbocycles. The summed E-state index contributed by atoms with van der Waals surface area (Å²) in [4.78, 5) is 14.2. The lowest BCUT2D eigenvalue weighted by molar-refractivity contribution is -0.132. The lowest BCUT2D eigenvalue weighted by Gasteiger charge is -2.33. The molecule has 1 aliphatic rings. The molecule has 3 N–H and O–H groups in total. The van der Waals surface area contributed by atoms with E-state index in [1.165, 1.54) is 17.7 Å². The highest BCUT2D eigenvalue weighted by Crippen LogP contribution is 2.18. The summed E-state index contributed by atoms with van der Waals surface area (Å²) in [6.45, 7) is 4.63. The molecule has 0 aromatic heterocycles. The Kier molecular flexibility index (Phi) is 7.40. The van der Waals surface area contributed by atoms with Crippen molar-refractivity contribution < 1.29 is 4.79 Å². The summed E-state index contributed by atoms with van der Waals surface area (Å²) >= 11 is 0. The van der Waals surface area contributed by atoms with E-state index in [1.54, 1.807) is 0 Å². The van der Waals surface area contributed by atoms with Gasteiger partial charge < -0.3 is 16.0 Å². The molecular formula is C19H31N3O. The third-order valence-electron chi connectivity index (χ3n) is 4.60. The van der Waals surface area contributed by atoms with Crippen LogP contribution in [-0.4, -0.2) is 36.5 Å². The Labute approximate surface area is 140 Å². The fourth-order valence-electron chi connectivity index (χ4n) is 3.13. The van der Waals surface area contributed by atoms with Gasteiger partial charge >= 0.3 is 0 Å². The first-order valence-corrected chi connectivity index (χ1v) is 9.06. The first-order valence-electron chi connectivity index (χ1n) is 9.06. The molecule has 2 rings (SSSR count). The van der Waals surface area contributed by atoms with Crippen LogP contribution in [0.2, 0.25) is 0 Å². The molecule has 4 nitrogen and oxygen atoms in total. The van der Waals surface area contributed by atoms with Crippen molar-refractivity contribution >= 4 is 11.6 Å². The number of likely N-dealkylation sites (tertiary alicyclic amines) is 1. The van der Waals surface area contributed by atoms with E-state index in [4.69, 9.17) is 5.73 Å². The molecule has 0 spiro atoms. The number of carbonyl (C=O) groups excluding carboxylic acids is 1. The molecule has 1 aliphatic heterocycles. The maximum absolute atomic E-state index is 12.1. The second kappa shape index (κ2) is 9.56. The lowest BCUT2D eigenvalue weighted by atomic mass is 10.0. The van der Waals surface area contributed by atoms with Gasteiger partial charge in [0.15, 0.2) is 0 Å². The minimum absolute atomic E-state index is 0.336. The van der Waals surface area contributed by atoms with Gasteiger partial charge in [-0.15, -0.1) is 0 Å². The Hall–Kier alpha value is -1.55. The zero-order valence-corrected chi connectivity index (χ0v) is 14.4. The fraction of sp³-hybridized carbons (Fsp3) is 0.632. The van der Waals surface area contributed by atoms with Crippen molar-refractivity contribution in [2.45, 2.75) is 57.9 Å². The minimum Gasteiger partial charge on any atom is -0.382 e. The van der Waals surface area contributed by atoms with Gasteiger partial charge in [0.05, 0.1) is 0 Å². The zero-order valence-electron chi connectivity index (χ0n) is 14.4. The Balaban J connectivity index is 1.72. The summed E-state index contributed by atoms with van der Waals surface area (Å²) in [5, 5.41) is 3.59. The lowest BCUT2D eigenvalue weighted by Crippen LogP contribution is -2.42. The van der Waals surface area contributed by atoms with Gasteiger partial charge in [0, 0.05) is 31.2 Å². The van der Waals surface area contributed by atoms with E-state index >= 15 is 0 Å². The number of hydrogen-bond donors (Lipinski definition) is 2. The van der Waals surface area contributed by atoms with Crippen LogP contribution in [0.5, 0.6) is 0 Å². The van der Waals surface area contributed by atoms with Crippen molar-refractivity contribution in [1.29, 1.82) is 0 Å². The number of nitrogens with two attached hydrogens (primary N) is 1. The Morgan fingerprint density at radius 3 is 2.52 bits per heavy atom. The van der Waals surface area contributed by atoms with Crippen LogP contribution in [0.4, 0.5) is 5.69 Å². The van der Waals surface area contributed by atoms with Crippen molar-refractivity contribution in [3.05, 3.63) is 29.8 Å². The summed E-state index contributed by atoms with van der Waals surface area (Å²) < 4.78 is 0. The number of unbranched alkanes of at least 4 members (excludes halogenated alkanes) is 2. The predicted octanol–water partition coefficient (Wildman–Crippen LogP) is 3.17.